The number of piperidine rings is 1. The minimum atomic E-state index is -0.164. The average molecular weight is 630 g/mol. The largest absolute Gasteiger partial charge is 0.469 e. The van der Waals surface area contributed by atoms with Crippen LogP contribution in [0.4, 0.5) is 0 Å². The summed E-state index contributed by atoms with van der Waals surface area (Å²) in [6.07, 6.45) is 15.9. The van der Waals surface area contributed by atoms with Crippen molar-refractivity contribution in [2.45, 2.75) is 116 Å². The Morgan fingerprint density at radius 2 is 1.45 bits per heavy atom. The van der Waals surface area contributed by atoms with Gasteiger partial charge in [0.15, 0.2) is 5.69 Å². The number of hydrogen-bond donors (Lipinski definition) is 2. The molecule has 0 spiro atoms. The Balaban J connectivity index is 1.34. The van der Waals surface area contributed by atoms with Gasteiger partial charge in [0.25, 0.3) is 5.91 Å². The van der Waals surface area contributed by atoms with E-state index in [1.807, 2.05) is 40.9 Å². The lowest BCUT2D eigenvalue weighted by Gasteiger charge is -2.26. The lowest BCUT2D eigenvalue weighted by Crippen LogP contribution is -2.45. The van der Waals surface area contributed by atoms with Crippen molar-refractivity contribution in [3.63, 3.8) is 0 Å². The molecule has 1 aromatic heterocycles. The van der Waals surface area contributed by atoms with Crippen molar-refractivity contribution in [2.24, 2.45) is 0 Å². The van der Waals surface area contributed by atoms with E-state index in [9.17, 15) is 14.4 Å². The summed E-state index contributed by atoms with van der Waals surface area (Å²) >= 11 is 6.14. The molecule has 3 rings (SSSR count). The maximum absolute atomic E-state index is 13.2. The van der Waals surface area contributed by atoms with Crippen molar-refractivity contribution in [2.75, 3.05) is 26.7 Å². The highest BCUT2D eigenvalue weighted by Crippen LogP contribution is 2.28. The first kappa shape index (κ1) is 35.6. The minimum absolute atomic E-state index is 0.115. The number of unbranched alkanes of at least 4 members (excludes halogenated alkanes) is 9. The number of aromatic nitrogens is 2. The summed E-state index contributed by atoms with van der Waals surface area (Å²) in [6, 6.07) is 7.65. The van der Waals surface area contributed by atoms with Gasteiger partial charge in [0.1, 0.15) is 0 Å². The summed E-state index contributed by atoms with van der Waals surface area (Å²) in [5.74, 6) is -0.171. The molecule has 1 aromatic carbocycles. The molecule has 1 fully saturated rings. The first-order valence-electron chi connectivity index (χ1n) is 16.6. The van der Waals surface area contributed by atoms with E-state index in [0.717, 1.165) is 101 Å². The van der Waals surface area contributed by atoms with Crippen molar-refractivity contribution >= 4 is 29.4 Å². The molecular formula is C34H52ClN5O4. The highest BCUT2D eigenvalue weighted by Gasteiger charge is 2.23. The zero-order valence-electron chi connectivity index (χ0n) is 26.8. The highest BCUT2D eigenvalue weighted by atomic mass is 35.5. The van der Waals surface area contributed by atoms with Crippen molar-refractivity contribution in [3.8, 4) is 11.3 Å². The van der Waals surface area contributed by atoms with E-state index in [-0.39, 0.29) is 17.8 Å². The van der Waals surface area contributed by atoms with Gasteiger partial charge in [0.05, 0.1) is 12.8 Å². The Kier molecular flexibility index (Phi) is 16.3. The molecule has 2 N–H and O–H groups in total. The third-order valence-electron chi connectivity index (χ3n) is 8.27. The summed E-state index contributed by atoms with van der Waals surface area (Å²) in [4.78, 5) is 36.6. The number of hydrogen-bond acceptors (Lipinski definition) is 6. The SMILES string of the molecule is COC(=O)CCCCCCCCCCNC(=O)CCCCCn1nc(C(=O)NN2CCCCC2)c(C)c1-c1ccc(Cl)cc1. The average Bonchev–Trinajstić information content (AvgIpc) is 3.36. The number of amides is 2. The number of carbonyl (C=O) groups excluding carboxylic acids is 3. The number of nitrogens with one attached hydrogen (secondary N) is 2. The summed E-state index contributed by atoms with van der Waals surface area (Å²) < 4.78 is 6.60. The second-order valence-electron chi connectivity index (χ2n) is 11.9. The molecule has 0 aliphatic carbocycles. The van der Waals surface area contributed by atoms with Crippen LogP contribution in [0.2, 0.25) is 5.02 Å². The summed E-state index contributed by atoms with van der Waals surface area (Å²) in [5, 5.41) is 10.5. The first-order valence-corrected chi connectivity index (χ1v) is 17.0. The van der Waals surface area contributed by atoms with Gasteiger partial charge in [-0.25, -0.2) is 5.01 Å². The quantitative estimate of drug-likeness (QED) is 0.121. The van der Waals surface area contributed by atoms with E-state index in [4.69, 9.17) is 16.7 Å². The number of methoxy groups -OCH3 is 1. The molecule has 0 saturated carbocycles. The fourth-order valence-electron chi connectivity index (χ4n) is 5.70. The molecule has 2 amide bonds. The standard InChI is InChI=1S/C34H52ClN5O4/c1-27-32(34(43)38-39-24-14-10-15-25-39)37-40(33(27)28-19-21-29(35)22-20-28)26-16-9-11-17-30(41)36-23-13-8-6-4-3-5-7-12-18-31(42)44-2/h19-22H,3-18,23-26H2,1-2H3,(H,36,41)(H,38,43). The van der Waals surface area contributed by atoms with Gasteiger partial charge in [-0.05, 0) is 57.6 Å². The van der Waals surface area contributed by atoms with Crippen molar-refractivity contribution < 1.29 is 19.1 Å². The fourth-order valence-corrected chi connectivity index (χ4v) is 5.83. The molecule has 0 atom stereocenters. The molecule has 0 radical (unpaired) electrons. The number of halogens is 1. The van der Waals surface area contributed by atoms with E-state index < -0.39 is 0 Å². The first-order chi connectivity index (χ1) is 21.4. The summed E-state index contributed by atoms with van der Waals surface area (Å²) in [7, 11) is 1.43. The van der Waals surface area contributed by atoms with E-state index in [2.05, 4.69) is 15.5 Å². The number of ether oxygens (including phenoxy) is 1. The second kappa shape index (κ2) is 20.2. The van der Waals surface area contributed by atoms with E-state index in [1.54, 1.807) is 0 Å². The lowest BCUT2D eigenvalue weighted by molar-refractivity contribution is -0.140. The fraction of sp³-hybridized carbons (Fsp3) is 0.647. The molecule has 2 aromatic rings. The molecule has 0 unspecified atom stereocenters. The number of esters is 1. The van der Waals surface area contributed by atoms with Gasteiger partial charge in [0.2, 0.25) is 5.91 Å². The highest BCUT2D eigenvalue weighted by molar-refractivity contribution is 6.30. The Morgan fingerprint density at radius 3 is 2.14 bits per heavy atom. The monoisotopic (exact) mass is 629 g/mol. The Morgan fingerprint density at radius 1 is 0.841 bits per heavy atom. The van der Waals surface area contributed by atoms with Gasteiger partial charge < -0.3 is 10.1 Å². The van der Waals surface area contributed by atoms with Gasteiger partial charge in [0, 0.05) is 55.2 Å². The van der Waals surface area contributed by atoms with Crippen molar-refractivity contribution in [1.29, 1.82) is 0 Å². The van der Waals surface area contributed by atoms with E-state index in [0.29, 0.717) is 30.1 Å². The molecule has 0 bridgehead atoms. The van der Waals surface area contributed by atoms with Crippen LogP contribution in [0, 0.1) is 6.92 Å². The maximum Gasteiger partial charge on any atom is 0.305 e. The zero-order valence-corrected chi connectivity index (χ0v) is 27.6. The molecule has 1 aliphatic heterocycles. The van der Waals surface area contributed by atoms with Gasteiger partial charge >= 0.3 is 5.97 Å². The Hall–Kier alpha value is -2.91. The van der Waals surface area contributed by atoms with Crippen LogP contribution in [0.3, 0.4) is 0 Å². The van der Waals surface area contributed by atoms with Crippen LogP contribution in [0.15, 0.2) is 24.3 Å². The Labute approximate surface area is 268 Å². The number of benzene rings is 1. The minimum Gasteiger partial charge on any atom is -0.469 e. The molecule has 10 heteroatoms. The number of rotatable bonds is 20. The molecule has 2 heterocycles. The predicted molar refractivity (Wildman–Crippen MR) is 175 cm³/mol. The van der Waals surface area contributed by atoms with Crippen LogP contribution < -0.4 is 10.7 Å². The predicted octanol–water partition coefficient (Wildman–Crippen LogP) is 7.00. The van der Waals surface area contributed by atoms with Crippen LogP contribution >= 0.6 is 11.6 Å². The molecule has 9 nitrogen and oxygen atoms in total. The van der Waals surface area contributed by atoms with Gasteiger partial charge in [-0.2, -0.15) is 5.10 Å². The van der Waals surface area contributed by atoms with Crippen LogP contribution in [-0.2, 0) is 20.9 Å². The van der Waals surface area contributed by atoms with E-state index >= 15 is 0 Å². The van der Waals surface area contributed by atoms with Crippen LogP contribution in [-0.4, -0.2) is 59.3 Å². The molecule has 1 aliphatic rings. The normalized spacial score (nSPS) is 13.5. The number of aryl methyl sites for hydroxylation is 1. The van der Waals surface area contributed by atoms with Crippen LogP contribution in [0.5, 0.6) is 0 Å². The number of hydrazine groups is 1. The summed E-state index contributed by atoms with van der Waals surface area (Å²) in [6.45, 7) is 5.09. The van der Waals surface area contributed by atoms with Crippen molar-refractivity contribution in [1.82, 2.24) is 25.5 Å². The topological polar surface area (TPSA) is 106 Å². The van der Waals surface area contributed by atoms with Gasteiger partial charge in [-0.15, -0.1) is 0 Å². The molecular weight excluding hydrogens is 578 g/mol. The smallest absolute Gasteiger partial charge is 0.305 e. The van der Waals surface area contributed by atoms with E-state index in [1.165, 1.54) is 32.8 Å². The lowest BCUT2D eigenvalue weighted by atomic mass is 10.1. The molecule has 244 valence electrons. The zero-order chi connectivity index (χ0) is 31.6. The Bertz CT molecular complexity index is 1160. The van der Waals surface area contributed by atoms with Gasteiger partial charge in [-0.1, -0.05) is 75.1 Å². The molecule has 1 saturated heterocycles. The number of nitrogens with zero attached hydrogens (tertiary/aromatic N) is 3. The van der Waals surface area contributed by atoms with Gasteiger partial charge in [-0.3, -0.25) is 24.5 Å². The molecule has 44 heavy (non-hydrogen) atoms. The van der Waals surface area contributed by atoms with Crippen molar-refractivity contribution in [3.05, 3.63) is 40.5 Å². The third kappa shape index (κ3) is 12.6. The maximum atomic E-state index is 13.2. The second-order valence-corrected chi connectivity index (χ2v) is 12.3. The van der Waals surface area contributed by atoms with Crippen LogP contribution in [0.1, 0.15) is 119 Å². The van der Waals surface area contributed by atoms with Crippen LogP contribution in [0.25, 0.3) is 11.3 Å². The third-order valence-corrected chi connectivity index (χ3v) is 8.52. The summed E-state index contributed by atoms with van der Waals surface area (Å²) in [5.41, 5.74) is 6.27. The number of carbonyl (C=O) groups is 3.